The van der Waals surface area contributed by atoms with Gasteiger partial charge in [-0.25, -0.2) is 0 Å². The van der Waals surface area contributed by atoms with E-state index in [4.69, 9.17) is 5.11 Å². The van der Waals surface area contributed by atoms with E-state index in [1.807, 2.05) is 0 Å². The summed E-state index contributed by atoms with van der Waals surface area (Å²) in [5, 5.41) is 8.55. The van der Waals surface area contributed by atoms with E-state index in [0.717, 1.165) is 32.5 Å². The lowest BCUT2D eigenvalue weighted by molar-refractivity contribution is -0.137. The summed E-state index contributed by atoms with van der Waals surface area (Å²) in [5.41, 5.74) is 0. The average Bonchev–Trinajstić information content (AvgIpc) is 2.34. The minimum Gasteiger partial charge on any atom is -0.481 e. The van der Waals surface area contributed by atoms with Crippen molar-refractivity contribution in [1.82, 2.24) is 4.90 Å². The maximum absolute atomic E-state index is 10.4. The van der Waals surface area contributed by atoms with Crippen LogP contribution in [-0.2, 0) is 4.79 Å². The summed E-state index contributed by atoms with van der Waals surface area (Å²) < 4.78 is 0.413. The maximum atomic E-state index is 10.4. The van der Waals surface area contributed by atoms with E-state index in [9.17, 15) is 4.79 Å². The van der Waals surface area contributed by atoms with Gasteiger partial charge in [0.15, 0.2) is 0 Å². The van der Waals surface area contributed by atoms with E-state index < -0.39 is 5.97 Å². The molecule has 1 aliphatic heterocycles. The number of nitrogens with zero attached hydrogens (tertiary/aromatic N) is 1. The molecule has 1 heterocycles. The number of thioether (sulfide) groups is 1. The summed E-state index contributed by atoms with van der Waals surface area (Å²) >= 11 is 2.05. The summed E-state index contributed by atoms with van der Waals surface area (Å²) in [6, 6.07) is 0. The first kappa shape index (κ1) is 13.8. The maximum Gasteiger partial charge on any atom is 0.303 e. The summed E-state index contributed by atoms with van der Waals surface area (Å²) in [5.74, 6) is 0.527. The zero-order valence-electron chi connectivity index (χ0n) is 10.4. The second-order valence-corrected chi connectivity index (χ2v) is 6.85. The molecule has 0 aromatic heterocycles. The number of carboxylic acid groups (broad SMARTS) is 1. The first-order chi connectivity index (χ1) is 7.49. The predicted molar refractivity (Wildman–Crippen MR) is 69.1 cm³/mol. The van der Waals surface area contributed by atoms with E-state index in [2.05, 4.69) is 30.5 Å². The van der Waals surface area contributed by atoms with Gasteiger partial charge in [0.25, 0.3) is 0 Å². The van der Waals surface area contributed by atoms with Gasteiger partial charge in [-0.3, -0.25) is 4.79 Å². The van der Waals surface area contributed by atoms with Crippen LogP contribution in [0.4, 0.5) is 0 Å². The quantitative estimate of drug-likeness (QED) is 0.755. The number of aliphatic carboxylic acids is 1. The number of carbonyl (C=O) groups is 1. The molecule has 0 aromatic rings. The molecule has 1 rings (SSSR count). The summed E-state index contributed by atoms with van der Waals surface area (Å²) in [6.45, 7) is 8.00. The molecule has 0 saturated carbocycles. The first-order valence-electron chi connectivity index (χ1n) is 6.08. The van der Waals surface area contributed by atoms with Gasteiger partial charge in [0.2, 0.25) is 0 Å². The SMILES string of the molecule is CC1(C)CCN(CCCCC(=O)O)CCS1. The highest BCUT2D eigenvalue weighted by molar-refractivity contribution is 8.00. The number of hydrogen-bond donors (Lipinski definition) is 1. The molecule has 1 N–H and O–H groups in total. The number of rotatable bonds is 5. The Morgan fingerprint density at radius 3 is 2.81 bits per heavy atom. The lowest BCUT2D eigenvalue weighted by Gasteiger charge is -2.22. The molecule has 3 nitrogen and oxygen atoms in total. The predicted octanol–water partition coefficient (Wildman–Crippen LogP) is 2.46. The molecule has 0 bridgehead atoms. The minimum atomic E-state index is -0.674. The van der Waals surface area contributed by atoms with Crippen LogP contribution in [0.5, 0.6) is 0 Å². The van der Waals surface area contributed by atoms with Crippen molar-refractivity contribution in [1.29, 1.82) is 0 Å². The van der Waals surface area contributed by atoms with Crippen molar-refractivity contribution in [2.75, 3.05) is 25.4 Å². The van der Waals surface area contributed by atoms with E-state index in [1.165, 1.54) is 12.2 Å². The van der Waals surface area contributed by atoms with Gasteiger partial charge in [-0.2, -0.15) is 11.8 Å². The molecular formula is C12H23NO2S. The minimum absolute atomic E-state index is 0.314. The van der Waals surface area contributed by atoms with Crippen molar-refractivity contribution in [2.24, 2.45) is 0 Å². The van der Waals surface area contributed by atoms with E-state index in [1.54, 1.807) is 0 Å². The zero-order valence-corrected chi connectivity index (χ0v) is 11.2. The van der Waals surface area contributed by atoms with Crippen LogP contribution in [0.15, 0.2) is 0 Å². The molecule has 0 aromatic carbocycles. The molecule has 1 fully saturated rings. The van der Waals surface area contributed by atoms with Gasteiger partial charge in [-0.05, 0) is 32.4 Å². The first-order valence-corrected chi connectivity index (χ1v) is 7.06. The Bertz CT molecular complexity index is 231. The van der Waals surface area contributed by atoms with Crippen molar-refractivity contribution >= 4 is 17.7 Å². The van der Waals surface area contributed by atoms with Crippen molar-refractivity contribution in [3.8, 4) is 0 Å². The van der Waals surface area contributed by atoms with Gasteiger partial charge in [-0.1, -0.05) is 13.8 Å². The molecule has 4 heteroatoms. The van der Waals surface area contributed by atoms with Crippen molar-refractivity contribution < 1.29 is 9.90 Å². The smallest absolute Gasteiger partial charge is 0.303 e. The van der Waals surface area contributed by atoms with Gasteiger partial charge < -0.3 is 10.0 Å². The van der Waals surface area contributed by atoms with E-state index in [-0.39, 0.29) is 0 Å². The molecule has 0 radical (unpaired) electrons. The van der Waals surface area contributed by atoms with Gasteiger partial charge >= 0.3 is 5.97 Å². The van der Waals surface area contributed by atoms with Crippen LogP contribution < -0.4 is 0 Å². The van der Waals surface area contributed by atoms with E-state index in [0.29, 0.717) is 11.2 Å². The Morgan fingerprint density at radius 1 is 1.38 bits per heavy atom. The molecule has 94 valence electrons. The summed E-state index contributed by atoms with van der Waals surface area (Å²) in [6.07, 6.45) is 3.37. The van der Waals surface area contributed by atoms with Crippen LogP contribution in [0, 0.1) is 0 Å². The van der Waals surface area contributed by atoms with Crippen LogP contribution in [0.2, 0.25) is 0 Å². The average molecular weight is 245 g/mol. The van der Waals surface area contributed by atoms with Crippen molar-refractivity contribution in [2.45, 2.75) is 44.3 Å². The van der Waals surface area contributed by atoms with Crippen LogP contribution in [0.3, 0.4) is 0 Å². The normalized spacial score (nSPS) is 21.6. The lowest BCUT2D eigenvalue weighted by atomic mass is 10.1. The molecule has 0 atom stereocenters. The molecule has 0 amide bonds. The van der Waals surface area contributed by atoms with Crippen LogP contribution >= 0.6 is 11.8 Å². The third kappa shape index (κ3) is 5.75. The van der Waals surface area contributed by atoms with Gasteiger partial charge in [0, 0.05) is 23.5 Å². The lowest BCUT2D eigenvalue weighted by Crippen LogP contribution is -2.28. The standard InChI is InChI=1S/C12H23NO2S/c1-12(2)6-8-13(9-10-16-12)7-4-3-5-11(14)15/h3-10H2,1-2H3,(H,14,15). The topological polar surface area (TPSA) is 40.5 Å². The molecule has 0 spiro atoms. The zero-order chi connectivity index (χ0) is 12.0. The Hall–Kier alpha value is -0.220. The van der Waals surface area contributed by atoms with Crippen molar-refractivity contribution in [3.63, 3.8) is 0 Å². The van der Waals surface area contributed by atoms with Gasteiger partial charge in [-0.15, -0.1) is 0 Å². The largest absolute Gasteiger partial charge is 0.481 e. The molecule has 16 heavy (non-hydrogen) atoms. The number of carboxylic acids is 1. The molecule has 0 aliphatic carbocycles. The van der Waals surface area contributed by atoms with Crippen LogP contribution in [0.1, 0.15) is 39.5 Å². The Labute approximate surface area is 103 Å². The fourth-order valence-corrected chi connectivity index (χ4v) is 3.04. The van der Waals surface area contributed by atoms with Gasteiger partial charge in [0.1, 0.15) is 0 Å². The fourth-order valence-electron chi connectivity index (χ4n) is 1.90. The van der Waals surface area contributed by atoms with Crippen molar-refractivity contribution in [3.05, 3.63) is 0 Å². The van der Waals surface area contributed by atoms with Crippen LogP contribution in [-0.4, -0.2) is 46.1 Å². The van der Waals surface area contributed by atoms with Crippen LogP contribution in [0.25, 0.3) is 0 Å². The summed E-state index contributed by atoms with van der Waals surface area (Å²) in [4.78, 5) is 12.8. The monoisotopic (exact) mass is 245 g/mol. The highest BCUT2D eigenvalue weighted by Crippen LogP contribution is 2.30. The highest BCUT2D eigenvalue weighted by Gasteiger charge is 2.23. The number of unbranched alkanes of at least 4 members (excludes halogenated alkanes) is 1. The van der Waals surface area contributed by atoms with E-state index >= 15 is 0 Å². The molecule has 0 unspecified atom stereocenters. The second kappa shape index (κ2) is 6.50. The Morgan fingerprint density at radius 2 is 2.12 bits per heavy atom. The summed E-state index contributed by atoms with van der Waals surface area (Å²) in [7, 11) is 0. The van der Waals surface area contributed by atoms with Gasteiger partial charge in [0.05, 0.1) is 0 Å². The Kier molecular flexibility index (Phi) is 5.62. The molecule has 1 aliphatic rings. The second-order valence-electron chi connectivity index (χ2n) is 5.05. The number of hydrogen-bond acceptors (Lipinski definition) is 3. The third-order valence-electron chi connectivity index (χ3n) is 3.05. The fraction of sp³-hybridized carbons (Fsp3) is 0.917. The third-order valence-corrected chi connectivity index (χ3v) is 4.42. The molecular weight excluding hydrogens is 222 g/mol. The highest BCUT2D eigenvalue weighted by atomic mass is 32.2. The Balaban J connectivity index is 2.15. The molecule has 1 saturated heterocycles.